The molecule has 0 fully saturated rings. The molecule has 0 saturated carbocycles. The summed E-state index contributed by atoms with van der Waals surface area (Å²) in [5.41, 5.74) is 1.98. The van der Waals surface area contributed by atoms with E-state index >= 15 is 0 Å². The van der Waals surface area contributed by atoms with Gasteiger partial charge in [0.1, 0.15) is 5.75 Å². The molecule has 0 spiro atoms. The Morgan fingerprint density at radius 1 is 1.33 bits per heavy atom. The van der Waals surface area contributed by atoms with E-state index in [1.807, 2.05) is 25.1 Å². The van der Waals surface area contributed by atoms with Crippen LogP contribution in [-0.2, 0) is 7.05 Å². The molecular formula is C10H12N4O. The Kier molecular flexibility index (Phi) is 2.37. The number of hydrogen-bond donors (Lipinski definition) is 0. The van der Waals surface area contributed by atoms with E-state index in [2.05, 4.69) is 15.5 Å². The van der Waals surface area contributed by atoms with Crippen LogP contribution in [0.2, 0.25) is 0 Å². The van der Waals surface area contributed by atoms with E-state index in [1.54, 1.807) is 18.8 Å². The predicted molar refractivity (Wildman–Crippen MR) is 55.5 cm³/mol. The maximum atomic E-state index is 5.35. The molecule has 1 heterocycles. The van der Waals surface area contributed by atoms with Gasteiger partial charge >= 0.3 is 0 Å². The maximum Gasteiger partial charge on any atom is 0.185 e. The number of hydrogen-bond acceptors (Lipinski definition) is 4. The summed E-state index contributed by atoms with van der Waals surface area (Å²) < 4.78 is 6.97. The zero-order chi connectivity index (χ0) is 10.8. The molecule has 0 aliphatic carbocycles. The van der Waals surface area contributed by atoms with Crippen molar-refractivity contribution >= 4 is 0 Å². The van der Waals surface area contributed by atoms with Crippen molar-refractivity contribution in [3.8, 4) is 17.1 Å². The third-order valence-corrected chi connectivity index (χ3v) is 2.28. The van der Waals surface area contributed by atoms with Crippen molar-refractivity contribution in [2.75, 3.05) is 7.11 Å². The molecule has 0 saturated heterocycles. The number of rotatable bonds is 2. The number of methoxy groups -OCH3 is 1. The summed E-state index contributed by atoms with van der Waals surface area (Å²) in [6, 6.07) is 5.89. The van der Waals surface area contributed by atoms with Crippen molar-refractivity contribution in [1.82, 2.24) is 20.2 Å². The Balaban J connectivity index is 2.63. The van der Waals surface area contributed by atoms with Crippen molar-refractivity contribution < 1.29 is 4.74 Å². The molecule has 0 radical (unpaired) electrons. The Morgan fingerprint density at radius 2 is 2.13 bits per heavy atom. The molecule has 0 atom stereocenters. The lowest BCUT2D eigenvalue weighted by atomic mass is 10.1. The number of benzene rings is 1. The molecule has 0 aliphatic heterocycles. The summed E-state index contributed by atoms with van der Waals surface area (Å²) in [6.07, 6.45) is 0. The standard InChI is InChI=1S/C10H12N4O/c1-7-5-4-6-8(9(7)15-3)10-11-12-13-14(10)2/h4-6H,1-3H3. The van der Waals surface area contributed by atoms with E-state index in [4.69, 9.17) is 4.74 Å². The summed E-state index contributed by atoms with van der Waals surface area (Å²) in [4.78, 5) is 0. The second-order valence-corrected chi connectivity index (χ2v) is 3.28. The lowest BCUT2D eigenvalue weighted by molar-refractivity contribution is 0.413. The first kappa shape index (κ1) is 9.64. The quantitative estimate of drug-likeness (QED) is 0.737. The molecule has 2 aromatic rings. The molecule has 78 valence electrons. The fourth-order valence-electron chi connectivity index (χ4n) is 1.56. The van der Waals surface area contributed by atoms with Gasteiger partial charge in [0.25, 0.3) is 0 Å². The molecule has 5 heteroatoms. The molecule has 0 N–H and O–H groups in total. The van der Waals surface area contributed by atoms with Crippen LogP contribution in [0.5, 0.6) is 5.75 Å². The topological polar surface area (TPSA) is 52.8 Å². The molecule has 1 aromatic heterocycles. The number of aromatic nitrogens is 4. The van der Waals surface area contributed by atoms with Crippen molar-refractivity contribution in [2.24, 2.45) is 7.05 Å². The van der Waals surface area contributed by atoms with Crippen LogP contribution < -0.4 is 4.74 Å². The number of para-hydroxylation sites is 1. The maximum absolute atomic E-state index is 5.35. The minimum absolute atomic E-state index is 0.704. The molecule has 2 rings (SSSR count). The third kappa shape index (κ3) is 1.56. The van der Waals surface area contributed by atoms with Crippen molar-refractivity contribution in [3.05, 3.63) is 23.8 Å². The predicted octanol–water partition coefficient (Wildman–Crippen LogP) is 1.19. The number of nitrogens with zero attached hydrogens (tertiary/aromatic N) is 4. The van der Waals surface area contributed by atoms with Crippen LogP contribution in [0.15, 0.2) is 18.2 Å². The average Bonchev–Trinajstić information content (AvgIpc) is 2.64. The Bertz CT molecular complexity index is 478. The van der Waals surface area contributed by atoms with Gasteiger partial charge in [-0.2, -0.15) is 0 Å². The SMILES string of the molecule is COc1c(C)cccc1-c1nnnn1C. The molecule has 5 nitrogen and oxygen atoms in total. The average molecular weight is 204 g/mol. The fraction of sp³-hybridized carbons (Fsp3) is 0.300. The van der Waals surface area contributed by atoms with E-state index in [0.29, 0.717) is 5.82 Å². The Hall–Kier alpha value is -1.91. The van der Waals surface area contributed by atoms with Crippen molar-refractivity contribution in [2.45, 2.75) is 6.92 Å². The largest absolute Gasteiger partial charge is 0.496 e. The Morgan fingerprint density at radius 3 is 2.73 bits per heavy atom. The van der Waals surface area contributed by atoms with E-state index < -0.39 is 0 Å². The van der Waals surface area contributed by atoms with Crippen LogP contribution in [0, 0.1) is 6.92 Å². The highest BCUT2D eigenvalue weighted by Crippen LogP contribution is 2.30. The number of ether oxygens (including phenoxy) is 1. The lowest BCUT2D eigenvalue weighted by Crippen LogP contribution is -1.98. The van der Waals surface area contributed by atoms with E-state index in [1.165, 1.54) is 0 Å². The van der Waals surface area contributed by atoms with Gasteiger partial charge in [-0.25, -0.2) is 4.68 Å². The first-order valence-corrected chi connectivity index (χ1v) is 4.60. The van der Waals surface area contributed by atoms with E-state index in [-0.39, 0.29) is 0 Å². The zero-order valence-electron chi connectivity index (χ0n) is 8.93. The minimum atomic E-state index is 0.704. The molecule has 15 heavy (non-hydrogen) atoms. The normalized spacial score (nSPS) is 10.3. The lowest BCUT2D eigenvalue weighted by Gasteiger charge is -2.09. The highest BCUT2D eigenvalue weighted by molar-refractivity contribution is 5.66. The highest BCUT2D eigenvalue weighted by atomic mass is 16.5. The van der Waals surface area contributed by atoms with Gasteiger partial charge in [0.2, 0.25) is 0 Å². The smallest absolute Gasteiger partial charge is 0.185 e. The summed E-state index contributed by atoms with van der Waals surface area (Å²) in [5.74, 6) is 1.52. The molecule has 0 aliphatic rings. The van der Waals surface area contributed by atoms with Gasteiger partial charge < -0.3 is 4.74 Å². The Labute approximate surface area is 87.7 Å². The van der Waals surface area contributed by atoms with Gasteiger partial charge in [-0.15, -0.1) is 5.10 Å². The summed E-state index contributed by atoms with van der Waals surface area (Å²) in [7, 11) is 3.45. The van der Waals surface area contributed by atoms with Gasteiger partial charge in [-0.05, 0) is 29.0 Å². The van der Waals surface area contributed by atoms with Gasteiger partial charge in [-0.3, -0.25) is 0 Å². The molecule has 1 aromatic carbocycles. The van der Waals surface area contributed by atoms with E-state index in [9.17, 15) is 0 Å². The zero-order valence-corrected chi connectivity index (χ0v) is 8.93. The third-order valence-electron chi connectivity index (χ3n) is 2.28. The number of tetrazole rings is 1. The van der Waals surface area contributed by atoms with Crippen LogP contribution >= 0.6 is 0 Å². The van der Waals surface area contributed by atoms with Gasteiger partial charge in [0, 0.05) is 7.05 Å². The fourth-order valence-corrected chi connectivity index (χ4v) is 1.56. The highest BCUT2D eigenvalue weighted by Gasteiger charge is 2.12. The van der Waals surface area contributed by atoms with Gasteiger partial charge in [0.15, 0.2) is 5.82 Å². The van der Waals surface area contributed by atoms with Gasteiger partial charge in [0.05, 0.1) is 12.7 Å². The first-order chi connectivity index (χ1) is 7.24. The van der Waals surface area contributed by atoms with Crippen LogP contribution in [0.3, 0.4) is 0 Å². The minimum Gasteiger partial charge on any atom is -0.496 e. The molecule has 0 unspecified atom stereocenters. The van der Waals surface area contributed by atoms with Crippen LogP contribution in [0.25, 0.3) is 11.4 Å². The summed E-state index contributed by atoms with van der Waals surface area (Å²) in [5, 5.41) is 11.4. The second kappa shape index (κ2) is 3.68. The number of aryl methyl sites for hydroxylation is 2. The molecule has 0 bridgehead atoms. The van der Waals surface area contributed by atoms with Crippen molar-refractivity contribution in [1.29, 1.82) is 0 Å². The van der Waals surface area contributed by atoms with Crippen molar-refractivity contribution in [3.63, 3.8) is 0 Å². The van der Waals surface area contributed by atoms with Gasteiger partial charge in [-0.1, -0.05) is 12.1 Å². The van der Waals surface area contributed by atoms with Crippen LogP contribution in [-0.4, -0.2) is 27.3 Å². The summed E-state index contributed by atoms with van der Waals surface area (Å²) >= 11 is 0. The first-order valence-electron chi connectivity index (χ1n) is 4.60. The molecular weight excluding hydrogens is 192 g/mol. The summed E-state index contributed by atoms with van der Waals surface area (Å²) in [6.45, 7) is 1.99. The monoisotopic (exact) mass is 204 g/mol. The second-order valence-electron chi connectivity index (χ2n) is 3.28. The van der Waals surface area contributed by atoms with E-state index in [0.717, 1.165) is 16.9 Å². The molecule has 0 amide bonds. The van der Waals surface area contributed by atoms with Crippen LogP contribution in [0.1, 0.15) is 5.56 Å². The van der Waals surface area contributed by atoms with Crippen LogP contribution in [0.4, 0.5) is 0 Å².